The van der Waals surface area contributed by atoms with Crippen molar-refractivity contribution in [3.63, 3.8) is 0 Å². The van der Waals surface area contributed by atoms with Crippen LogP contribution in [0.1, 0.15) is 19.4 Å². The predicted octanol–water partition coefficient (Wildman–Crippen LogP) is 3.31. The monoisotopic (exact) mass is 224 g/mol. The molecular weight excluding hydrogens is 212 g/mol. The molecule has 0 N–H and O–H groups in total. The molecule has 0 heterocycles. The Labute approximate surface area is 94.5 Å². The van der Waals surface area contributed by atoms with Gasteiger partial charge in [-0.3, -0.25) is 4.79 Å². The number of hydrogen-bond donors (Lipinski definition) is 0. The Morgan fingerprint density at radius 1 is 1.40 bits per heavy atom. The van der Waals surface area contributed by atoms with Crippen molar-refractivity contribution in [3.8, 4) is 0 Å². The van der Waals surface area contributed by atoms with Gasteiger partial charge in [-0.15, -0.1) is 0 Å². The van der Waals surface area contributed by atoms with E-state index in [0.29, 0.717) is 11.6 Å². The Morgan fingerprint density at radius 3 is 2.67 bits per heavy atom. The summed E-state index contributed by atoms with van der Waals surface area (Å²) in [5, 5.41) is 0.694. The third kappa shape index (κ3) is 4.17. The van der Waals surface area contributed by atoms with Crippen LogP contribution in [-0.4, -0.2) is 12.6 Å². The van der Waals surface area contributed by atoms with Gasteiger partial charge in [-0.2, -0.15) is 0 Å². The number of carbonyl (C=O) groups is 1. The number of halogens is 1. The highest BCUT2D eigenvalue weighted by Gasteiger charge is 1.98. The summed E-state index contributed by atoms with van der Waals surface area (Å²) >= 11 is 5.98. The molecule has 15 heavy (non-hydrogen) atoms. The minimum absolute atomic E-state index is 0.276. The number of ether oxygens (including phenoxy) is 1. The fourth-order valence-electron chi connectivity index (χ4n) is 1.11. The van der Waals surface area contributed by atoms with Crippen LogP contribution in [0.2, 0.25) is 5.02 Å². The second kappa shape index (κ2) is 5.56. The van der Waals surface area contributed by atoms with Crippen LogP contribution in [0, 0.1) is 0 Å². The molecule has 0 aliphatic carbocycles. The number of rotatable bonds is 3. The van der Waals surface area contributed by atoms with E-state index >= 15 is 0 Å². The Bertz CT molecular complexity index is 383. The van der Waals surface area contributed by atoms with Gasteiger partial charge in [-0.25, -0.2) is 0 Å². The molecule has 1 aromatic rings. The lowest BCUT2D eigenvalue weighted by atomic mass is 10.1. The summed E-state index contributed by atoms with van der Waals surface area (Å²) in [6.07, 6.45) is 1.91. The van der Waals surface area contributed by atoms with Crippen LogP contribution in [0.5, 0.6) is 0 Å². The van der Waals surface area contributed by atoms with Gasteiger partial charge in [0.25, 0.3) is 0 Å². The molecule has 80 valence electrons. The zero-order valence-corrected chi connectivity index (χ0v) is 9.54. The predicted molar refractivity (Wildman–Crippen MR) is 61.7 cm³/mol. The zero-order valence-electron chi connectivity index (χ0n) is 8.79. The molecule has 2 nitrogen and oxygen atoms in total. The third-order valence-corrected chi connectivity index (χ3v) is 2.15. The van der Waals surface area contributed by atoms with E-state index in [1.54, 1.807) is 0 Å². The number of benzene rings is 1. The largest absolute Gasteiger partial charge is 0.461 e. The van der Waals surface area contributed by atoms with E-state index in [-0.39, 0.29) is 5.97 Å². The minimum Gasteiger partial charge on any atom is -0.461 e. The van der Waals surface area contributed by atoms with E-state index in [1.165, 1.54) is 6.92 Å². The summed E-state index contributed by atoms with van der Waals surface area (Å²) in [6, 6.07) is 7.53. The fourth-order valence-corrected chi connectivity index (χ4v) is 1.31. The number of carbonyl (C=O) groups excluding carboxylic acids is 1. The lowest BCUT2D eigenvalue weighted by Crippen LogP contribution is -2.01. The van der Waals surface area contributed by atoms with Gasteiger partial charge in [-0.1, -0.05) is 35.9 Å². The summed E-state index contributed by atoms with van der Waals surface area (Å²) in [5.74, 6) is -0.276. The molecule has 0 saturated heterocycles. The maximum Gasteiger partial charge on any atom is 0.302 e. The smallest absolute Gasteiger partial charge is 0.302 e. The summed E-state index contributed by atoms with van der Waals surface area (Å²) in [5.41, 5.74) is 1.89. The van der Waals surface area contributed by atoms with Gasteiger partial charge < -0.3 is 4.74 Å². The molecule has 0 saturated carbocycles. The summed E-state index contributed by atoms with van der Waals surface area (Å²) < 4.78 is 4.87. The van der Waals surface area contributed by atoms with Crippen molar-refractivity contribution in [3.05, 3.63) is 40.4 Å². The topological polar surface area (TPSA) is 26.3 Å². The lowest BCUT2D eigenvalue weighted by Gasteiger charge is -2.03. The van der Waals surface area contributed by atoms with Crippen molar-refractivity contribution >= 4 is 23.6 Å². The Hall–Kier alpha value is -1.28. The highest BCUT2D eigenvalue weighted by atomic mass is 35.5. The molecule has 3 heteroatoms. The summed E-state index contributed by atoms with van der Waals surface area (Å²) in [6.45, 7) is 3.59. The maximum absolute atomic E-state index is 10.6. The van der Waals surface area contributed by atoms with Crippen molar-refractivity contribution in [2.45, 2.75) is 13.8 Å². The number of hydrogen-bond acceptors (Lipinski definition) is 2. The molecule has 0 atom stereocenters. The first-order valence-electron chi connectivity index (χ1n) is 4.64. The van der Waals surface area contributed by atoms with Crippen LogP contribution in [0.15, 0.2) is 29.8 Å². The Balaban J connectivity index is 2.70. The van der Waals surface area contributed by atoms with Crippen molar-refractivity contribution in [2.24, 2.45) is 0 Å². The van der Waals surface area contributed by atoms with Crippen molar-refractivity contribution < 1.29 is 9.53 Å². The van der Waals surface area contributed by atoms with Gasteiger partial charge in [0.15, 0.2) is 0 Å². The van der Waals surface area contributed by atoms with Gasteiger partial charge in [-0.05, 0) is 24.1 Å². The van der Waals surface area contributed by atoms with Crippen molar-refractivity contribution in [2.75, 3.05) is 6.61 Å². The first-order valence-corrected chi connectivity index (χ1v) is 5.02. The van der Waals surface area contributed by atoms with Gasteiger partial charge in [0, 0.05) is 11.9 Å². The van der Waals surface area contributed by atoms with Gasteiger partial charge in [0.05, 0.1) is 0 Å². The van der Waals surface area contributed by atoms with E-state index in [4.69, 9.17) is 16.3 Å². The minimum atomic E-state index is -0.276. The summed E-state index contributed by atoms with van der Waals surface area (Å²) in [7, 11) is 0. The van der Waals surface area contributed by atoms with Crippen LogP contribution < -0.4 is 0 Å². The molecule has 0 aliphatic heterocycles. The molecule has 0 aliphatic rings. The SMILES string of the molecule is CC(=O)OCC(C)=Cc1ccccc1Cl. The quantitative estimate of drug-likeness (QED) is 0.737. The van der Waals surface area contributed by atoms with Crippen LogP contribution >= 0.6 is 11.6 Å². The highest BCUT2D eigenvalue weighted by Crippen LogP contribution is 2.18. The molecule has 0 fully saturated rings. The summed E-state index contributed by atoms with van der Waals surface area (Å²) in [4.78, 5) is 10.6. The molecule has 0 unspecified atom stereocenters. The normalized spacial score (nSPS) is 11.3. The first-order chi connectivity index (χ1) is 7.09. The van der Waals surface area contributed by atoms with Gasteiger partial charge >= 0.3 is 5.97 Å². The Morgan fingerprint density at radius 2 is 2.07 bits per heavy atom. The van der Waals surface area contributed by atoms with Crippen molar-refractivity contribution in [1.29, 1.82) is 0 Å². The molecule has 0 amide bonds. The molecular formula is C12H13ClO2. The highest BCUT2D eigenvalue weighted by molar-refractivity contribution is 6.32. The molecule has 0 aromatic heterocycles. The van der Waals surface area contributed by atoms with Gasteiger partial charge in [0.2, 0.25) is 0 Å². The first kappa shape index (κ1) is 11.8. The average Bonchev–Trinajstić information content (AvgIpc) is 2.18. The number of esters is 1. The molecule has 1 rings (SSSR count). The lowest BCUT2D eigenvalue weighted by molar-refractivity contribution is -0.139. The molecule has 1 aromatic carbocycles. The van der Waals surface area contributed by atoms with E-state index in [2.05, 4.69) is 0 Å². The van der Waals surface area contributed by atoms with E-state index < -0.39 is 0 Å². The fraction of sp³-hybridized carbons (Fsp3) is 0.250. The Kier molecular flexibility index (Phi) is 4.37. The molecule has 0 spiro atoms. The van der Waals surface area contributed by atoms with Crippen LogP contribution in [0.4, 0.5) is 0 Å². The van der Waals surface area contributed by atoms with Crippen LogP contribution in [-0.2, 0) is 9.53 Å². The second-order valence-corrected chi connectivity index (χ2v) is 3.70. The average molecular weight is 225 g/mol. The standard InChI is InChI=1S/C12H13ClO2/c1-9(8-15-10(2)14)7-11-5-3-4-6-12(11)13/h3-7H,8H2,1-2H3. The molecule has 0 bridgehead atoms. The third-order valence-electron chi connectivity index (χ3n) is 1.81. The van der Waals surface area contributed by atoms with Crippen molar-refractivity contribution in [1.82, 2.24) is 0 Å². The van der Waals surface area contributed by atoms with Crippen LogP contribution in [0.25, 0.3) is 6.08 Å². The van der Waals surface area contributed by atoms with E-state index in [0.717, 1.165) is 11.1 Å². The van der Waals surface area contributed by atoms with Crippen LogP contribution in [0.3, 0.4) is 0 Å². The molecule has 0 radical (unpaired) electrons. The second-order valence-electron chi connectivity index (χ2n) is 3.29. The van der Waals surface area contributed by atoms with E-state index in [1.807, 2.05) is 37.3 Å². The van der Waals surface area contributed by atoms with E-state index in [9.17, 15) is 4.79 Å². The van der Waals surface area contributed by atoms with Gasteiger partial charge in [0.1, 0.15) is 6.61 Å². The zero-order chi connectivity index (χ0) is 11.3. The maximum atomic E-state index is 10.6.